The van der Waals surface area contributed by atoms with Crippen LogP contribution in [0.1, 0.15) is 35.4 Å². The summed E-state index contributed by atoms with van der Waals surface area (Å²) < 4.78 is 13.6. The first kappa shape index (κ1) is 15.8. The van der Waals surface area contributed by atoms with Crippen LogP contribution >= 0.6 is 11.8 Å². The monoisotopic (exact) mass is 286 g/mol. The molecule has 0 saturated carbocycles. The van der Waals surface area contributed by atoms with Gasteiger partial charge in [-0.05, 0) is 12.5 Å². The standard InChI is InChI=1S/C13H15FO4S/c1-8(16)19-6-5-11(17)13(18)12-9(7-15)3-2-4-10(12)14/h2-4,7,11,13,17-18H,5-6H2,1H3. The van der Waals surface area contributed by atoms with Crippen molar-refractivity contribution in [2.24, 2.45) is 0 Å². The van der Waals surface area contributed by atoms with E-state index in [1.54, 1.807) is 0 Å². The van der Waals surface area contributed by atoms with E-state index >= 15 is 0 Å². The molecule has 1 aromatic rings. The molecule has 2 N–H and O–H groups in total. The number of halogens is 1. The van der Waals surface area contributed by atoms with Gasteiger partial charge in [0.05, 0.1) is 6.10 Å². The minimum atomic E-state index is -1.49. The van der Waals surface area contributed by atoms with E-state index in [2.05, 4.69) is 0 Å². The maximum Gasteiger partial charge on any atom is 0.185 e. The maximum atomic E-state index is 13.6. The maximum absolute atomic E-state index is 13.6. The fourth-order valence-corrected chi connectivity index (χ4v) is 2.29. The molecule has 0 aromatic heterocycles. The highest BCUT2D eigenvalue weighted by atomic mass is 32.2. The summed E-state index contributed by atoms with van der Waals surface area (Å²) in [6.45, 7) is 1.40. The zero-order valence-corrected chi connectivity index (χ0v) is 11.2. The average molecular weight is 286 g/mol. The molecule has 19 heavy (non-hydrogen) atoms. The van der Waals surface area contributed by atoms with Crippen LogP contribution < -0.4 is 0 Å². The summed E-state index contributed by atoms with van der Waals surface area (Å²) in [4.78, 5) is 21.5. The van der Waals surface area contributed by atoms with Gasteiger partial charge in [0.15, 0.2) is 11.4 Å². The van der Waals surface area contributed by atoms with Crippen LogP contribution in [0.15, 0.2) is 18.2 Å². The topological polar surface area (TPSA) is 74.6 Å². The first-order chi connectivity index (χ1) is 8.97. The lowest BCUT2D eigenvalue weighted by Crippen LogP contribution is -2.21. The molecule has 0 bridgehead atoms. The van der Waals surface area contributed by atoms with E-state index in [-0.39, 0.29) is 22.7 Å². The average Bonchev–Trinajstić information content (AvgIpc) is 2.37. The van der Waals surface area contributed by atoms with Gasteiger partial charge in [-0.3, -0.25) is 9.59 Å². The molecule has 2 unspecified atom stereocenters. The zero-order valence-electron chi connectivity index (χ0n) is 10.4. The number of benzene rings is 1. The van der Waals surface area contributed by atoms with Crippen molar-refractivity contribution < 1.29 is 24.2 Å². The number of aldehydes is 1. The lowest BCUT2D eigenvalue weighted by molar-refractivity contribution is -0.109. The molecule has 0 saturated heterocycles. The molecule has 0 fully saturated rings. The molecule has 6 heteroatoms. The molecule has 0 aliphatic carbocycles. The summed E-state index contributed by atoms with van der Waals surface area (Å²) in [7, 11) is 0. The lowest BCUT2D eigenvalue weighted by atomic mass is 9.97. The Hall–Kier alpha value is -1.24. The third-order valence-corrected chi connectivity index (χ3v) is 3.44. The Kier molecular flexibility index (Phi) is 6.14. The molecule has 0 spiro atoms. The summed E-state index contributed by atoms with van der Waals surface area (Å²) >= 11 is 1.01. The second kappa shape index (κ2) is 7.37. The van der Waals surface area contributed by atoms with Gasteiger partial charge < -0.3 is 10.2 Å². The van der Waals surface area contributed by atoms with Gasteiger partial charge in [-0.1, -0.05) is 23.9 Å². The Morgan fingerprint density at radius 2 is 2.16 bits per heavy atom. The van der Waals surface area contributed by atoms with Crippen LogP contribution in [0.25, 0.3) is 0 Å². The molecule has 0 radical (unpaired) electrons. The van der Waals surface area contributed by atoms with Crippen LogP contribution in [0.4, 0.5) is 4.39 Å². The molecule has 4 nitrogen and oxygen atoms in total. The van der Waals surface area contributed by atoms with Crippen molar-refractivity contribution in [3.63, 3.8) is 0 Å². The predicted molar refractivity (Wildman–Crippen MR) is 70.5 cm³/mol. The van der Waals surface area contributed by atoms with Crippen molar-refractivity contribution in [3.8, 4) is 0 Å². The summed E-state index contributed by atoms with van der Waals surface area (Å²) in [5, 5.41) is 19.6. The number of carbonyl (C=O) groups excluding carboxylic acids is 2. The molecule has 0 heterocycles. The first-order valence-electron chi connectivity index (χ1n) is 5.70. The number of rotatable bonds is 6. The van der Waals surface area contributed by atoms with Crippen molar-refractivity contribution >= 4 is 23.2 Å². The van der Waals surface area contributed by atoms with Gasteiger partial charge in [-0.25, -0.2) is 4.39 Å². The fourth-order valence-electron chi connectivity index (χ4n) is 1.64. The van der Waals surface area contributed by atoms with Crippen molar-refractivity contribution in [1.29, 1.82) is 0 Å². The van der Waals surface area contributed by atoms with E-state index in [1.165, 1.54) is 19.1 Å². The van der Waals surface area contributed by atoms with Gasteiger partial charge in [0.1, 0.15) is 11.9 Å². The molecule has 0 aliphatic rings. The van der Waals surface area contributed by atoms with Crippen molar-refractivity contribution in [3.05, 3.63) is 35.1 Å². The zero-order chi connectivity index (χ0) is 14.4. The minimum Gasteiger partial charge on any atom is -0.390 e. The Morgan fingerprint density at radius 1 is 1.47 bits per heavy atom. The SMILES string of the molecule is CC(=O)SCCC(O)C(O)c1c(F)cccc1C=O. The van der Waals surface area contributed by atoms with Crippen LogP contribution in [0.3, 0.4) is 0 Å². The van der Waals surface area contributed by atoms with Gasteiger partial charge in [-0.15, -0.1) is 0 Å². The van der Waals surface area contributed by atoms with Crippen LogP contribution in [0.5, 0.6) is 0 Å². The second-order valence-electron chi connectivity index (χ2n) is 4.00. The number of aliphatic hydroxyl groups is 2. The summed E-state index contributed by atoms with van der Waals surface area (Å²) in [5.41, 5.74) is -0.205. The van der Waals surface area contributed by atoms with E-state index in [0.29, 0.717) is 12.0 Å². The van der Waals surface area contributed by atoms with Crippen molar-refractivity contribution in [1.82, 2.24) is 0 Å². The van der Waals surface area contributed by atoms with Crippen LogP contribution in [-0.4, -0.2) is 33.5 Å². The minimum absolute atomic E-state index is 0.00534. The summed E-state index contributed by atoms with van der Waals surface area (Å²) in [6, 6.07) is 3.83. The number of thioether (sulfide) groups is 1. The van der Waals surface area contributed by atoms with E-state index in [9.17, 15) is 24.2 Å². The molecule has 1 rings (SSSR count). The normalized spacial score (nSPS) is 13.9. The Morgan fingerprint density at radius 3 is 2.74 bits per heavy atom. The van der Waals surface area contributed by atoms with Crippen molar-refractivity contribution in [2.75, 3.05) is 5.75 Å². The molecular weight excluding hydrogens is 271 g/mol. The van der Waals surface area contributed by atoms with E-state index in [1.807, 2.05) is 0 Å². The lowest BCUT2D eigenvalue weighted by Gasteiger charge is -2.19. The van der Waals surface area contributed by atoms with Crippen LogP contribution in [0.2, 0.25) is 0 Å². The van der Waals surface area contributed by atoms with Crippen LogP contribution in [0, 0.1) is 5.82 Å². The highest BCUT2D eigenvalue weighted by molar-refractivity contribution is 8.13. The molecule has 1 aromatic carbocycles. The van der Waals surface area contributed by atoms with E-state index < -0.39 is 18.0 Å². The quantitative estimate of drug-likeness (QED) is 0.779. The number of carbonyl (C=O) groups is 2. The largest absolute Gasteiger partial charge is 0.390 e. The summed E-state index contributed by atoms with van der Waals surface area (Å²) in [6.07, 6.45) is -2.17. The third kappa shape index (κ3) is 4.41. The van der Waals surface area contributed by atoms with E-state index in [0.717, 1.165) is 17.8 Å². The number of hydrogen-bond acceptors (Lipinski definition) is 5. The van der Waals surface area contributed by atoms with Crippen LogP contribution in [-0.2, 0) is 4.79 Å². The molecule has 104 valence electrons. The highest BCUT2D eigenvalue weighted by Crippen LogP contribution is 2.25. The molecule has 2 atom stereocenters. The Bertz CT molecular complexity index is 464. The molecule has 0 amide bonds. The fraction of sp³-hybridized carbons (Fsp3) is 0.385. The number of hydrogen-bond donors (Lipinski definition) is 2. The van der Waals surface area contributed by atoms with Gasteiger partial charge >= 0.3 is 0 Å². The molecular formula is C13H15FO4S. The smallest absolute Gasteiger partial charge is 0.185 e. The van der Waals surface area contributed by atoms with Gasteiger partial charge in [0, 0.05) is 23.8 Å². The van der Waals surface area contributed by atoms with Gasteiger partial charge in [0.25, 0.3) is 0 Å². The van der Waals surface area contributed by atoms with E-state index in [4.69, 9.17) is 0 Å². The van der Waals surface area contributed by atoms with Crippen molar-refractivity contribution in [2.45, 2.75) is 25.6 Å². The predicted octanol–water partition coefficient (Wildman–Crippen LogP) is 1.70. The highest BCUT2D eigenvalue weighted by Gasteiger charge is 2.24. The Labute approximate surface area is 114 Å². The molecule has 0 aliphatic heterocycles. The summed E-state index contributed by atoms with van der Waals surface area (Å²) in [5.74, 6) is -0.423. The number of aliphatic hydroxyl groups excluding tert-OH is 2. The first-order valence-corrected chi connectivity index (χ1v) is 6.69. The van der Waals surface area contributed by atoms with Gasteiger partial charge in [0.2, 0.25) is 0 Å². The van der Waals surface area contributed by atoms with Gasteiger partial charge in [-0.2, -0.15) is 0 Å². The third-order valence-electron chi connectivity index (χ3n) is 2.59. The Balaban J connectivity index is 2.79. The second-order valence-corrected chi connectivity index (χ2v) is 5.27.